The van der Waals surface area contributed by atoms with E-state index in [1.54, 1.807) is 6.20 Å². The lowest BCUT2D eigenvalue weighted by molar-refractivity contribution is -0.120. The van der Waals surface area contributed by atoms with Crippen LogP contribution >= 0.6 is 0 Å². The third kappa shape index (κ3) is 4.85. The highest BCUT2D eigenvalue weighted by molar-refractivity contribution is 5.96. The van der Waals surface area contributed by atoms with Crippen LogP contribution in [0.15, 0.2) is 65.9 Å². The van der Waals surface area contributed by atoms with Crippen molar-refractivity contribution in [1.29, 1.82) is 0 Å². The zero-order valence-electron chi connectivity index (χ0n) is 14.1. The molecular formula is C19H16FN5O2. The second-order valence-electron chi connectivity index (χ2n) is 5.55. The molecule has 3 rings (SSSR count). The van der Waals surface area contributed by atoms with Crippen LogP contribution in [0, 0.1) is 5.82 Å². The average Bonchev–Trinajstić information content (AvgIpc) is 3.16. The van der Waals surface area contributed by atoms with E-state index in [0.717, 1.165) is 11.3 Å². The number of nitrogens with zero attached hydrogens (tertiary/aromatic N) is 2. The zero-order valence-corrected chi connectivity index (χ0v) is 14.1. The molecule has 0 unspecified atom stereocenters. The number of hydrazone groups is 1. The maximum atomic E-state index is 12.8. The summed E-state index contributed by atoms with van der Waals surface area (Å²) in [7, 11) is 0. The molecular weight excluding hydrogens is 349 g/mol. The summed E-state index contributed by atoms with van der Waals surface area (Å²) in [6, 6.07) is 14.6. The van der Waals surface area contributed by atoms with Crippen LogP contribution in [0.1, 0.15) is 15.9 Å². The molecule has 1 heterocycles. The third-order valence-electron chi connectivity index (χ3n) is 3.64. The molecule has 7 nitrogen and oxygen atoms in total. The molecule has 27 heavy (non-hydrogen) atoms. The number of hydrogen-bond donors (Lipinski definition) is 3. The molecule has 136 valence electrons. The topological polar surface area (TPSA) is 99.2 Å². The van der Waals surface area contributed by atoms with Crippen LogP contribution in [-0.2, 0) is 4.79 Å². The van der Waals surface area contributed by atoms with Crippen molar-refractivity contribution in [3.8, 4) is 11.3 Å². The highest BCUT2D eigenvalue weighted by Crippen LogP contribution is 2.18. The van der Waals surface area contributed by atoms with E-state index < -0.39 is 17.6 Å². The number of carbonyl (C=O) groups excluding carboxylic acids is 2. The summed E-state index contributed by atoms with van der Waals surface area (Å²) in [4.78, 5) is 23.7. The van der Waals surface area contributed by atoms with Crippen LogP contribution in [0.2, 0.25) is 0 Å². The van der Waals surface area contributed by atoms with E-state index in [4.69, 9.17) is 0 Å². The number of H-pyrrole nitrogens is 1. The van der Waals surface area contributed by atoms with Gasteiger partial charge in [-0.15, -0.1) is 0 Å². The van der Waals surface area contributed by atoms with E-state index in [0.29, 0.717) is 5.56 Å². The van der Waals surface area contributed by atoms with Gasteiger partial charge in [-0.25, -0.2) is 9.82 Å². The lowest BCUT2D eigenvalue weighted by atomic mass is 10.1. The average molecular weight is 365 g/mol. The normalized spacial score (nSPS) is 10.7. The Morgan fingerprint density at radius 1 is 1.11 bits per heavy atom. The molecule has 0 saturated carbocycles. The van der Waals surface area contributed by atoms with E-state index in [-0.39, 0.29) is 12.1 Å². The molecule has 0 bridgehead atoms. The number of carbonyl (C=O) groups is 2. The van der Waals surface area contributed by atoms with E-state index in [2.05, 4.69) is 26.0 Å². The van der Waals surface area contributed by atoms with Gasteiger partial charge in [0.1, 0.15) is 5.82 Å². The van der Waals surface area contributed by atoms with Gasteiger partial charge in [0.2, 0.25) is 0 Å². The summed E-state index contributed by atoms with van der Waals surface area (Å²) in [6.07, 6.45) is 3.06. The van der Waals surface area contributed by atoms with Crippen molar-refractivity contribution < 1.29 is 14.0 Å². The number of rotatable bonds is 6. The van der Waals surface area contributed by atoms with Gasteiger partial charge in [-0.3, -0.25) is 14.7 Å². The monoisotopic (exact) mass is 365 g/mol. The molecule has 1 aromatic heterocycles. The highest BCUT2D eigenvalue weighted by Gasteiger charge is 2.08. The predicted octanol–water partition coefficient (Wildman–Crippen LogP) is 2.10. The maximum Gasteiger partial charge on any atom is 0.259 e. The molecule has 2 aromatic carbocycles. The smallest absolute Gasteiger partial charge is 0.259 e. The lowest BCUT2D eigenvalue weighted by Crippen LogP contribution is -2.34. The first-order valence-electron chi connectivity index (χ1n) is 8.08. The molecule has 0 radical (unpaired) electrons. The van der Waals surface area contributed by atoms with E-state index in [1.807, 2.05) is 30.3 Å². The Balaban J connectivity index is 1.52. The van der Waals surface area contributed by atoms with Crippen LogP contribution in [0.25, 0.3) is 11.3 Å². The molecule has 0 aliphatic heterocycles. The molecule has 3 aromatic rings. The maximum absolute atomic E-state index is 12.8. The quantitative estimate of drug-likeness (QED) is 0.461. The number of nitrogens with one attached hydrogen (secondary N) is 3. The van der Waals surface area contributed by atoms with Gasteiger partial charge >= 0.3 is 0 Å². The molecule has 0 fully saturated rings. The van der Waals surface area contributed by atoms with Crippen molar-refractivity contribution in [2.45, 2.75) is 0 Å². The molecule has 8 heteroatoms. The summed E-state index contributed by atoms with van der Waals surface area (Å²) in [5, 5.41) is 13.2. The number of amides is 2. The van der Waals surface area contributed by atoms with Gasteiger partial charge in [0.05, 0.1) is 24.7 Å². The fourth-order valence-electron chi connectivity index (χ4n) is 2.31. The summed E-state index contributed by atoms with van der Waals surface area (Å²) in [6.45, 7) is -0.259. The van der Waals surface area contributed by atoms with Gasteiger partial charge in [-0.2, -0.15) is 10.2 Å². The fraction of sp³-hybridized carbons (Fsp3) is 0.0526. The molecule has 0 saturated heterocycles. The number of benzene rings is 2. The summed E-state index contributed by atoms with van der Waals surface area (Å²) in [5.41, 5.74) is 5.01. The minimum Gasteiger partial charge on any atom is -0.343 e. The van der Waals surface area contributed by atoms with Crippen LogP contribution in [0.3, 0.4) is 0 Å². The van der Waals surface area contributed by atoms with E-state index >= 15 is 0 Å². The van der Waals surface area contributed by atoms with Gasteiger partial charge in [0.15, 0.2) is 0 Å². The lowest BCUT2D eigenvalue weighted by Gasteiger charge is -2.04. The molecule has 0 aliphatic rings. The van der Waals surface area contributed by atoms with Gasteiger partial charge < -0.3 is 5.32 Å². The third-order valence-corrected chi connectivity index (χ3v) is 3.64. The second kappa shape index (κ2) is 8.52. The van der Waals surface area contributed by atoms with Crippen LogP contribution in [0.5, 0.6) is 0 Å². The molecule has 3 N–H and O–H groups in total. The standard InChI is InChI=1S/C19H16FN5O2/c20-16-8-6-14(7-9-16)19(27)21-12-17(26)24-22-10-15-11-23-25-18(15)13-4-2-1-3-5-13/h1-11H,12H2,(H,21,27)(H,23,25)(H,24,26). The predicted molar refractivity (Wildman–Crippen MR) is 98.5 cm³/mol. The van der Waals surface area contributed by atoms with Crippen molar-refractivity contribution in [2.75, 3.05) is 6.54 Å². The Kier molecular flexibility index (Phi) is 5.68. The van der Waals surface area contributed by atoms with E-state index in [1.165, 1.54) is 30.5 Å². The second-order valence-corrected chi connectivity index (χ2v) is 5.55. The first-order valence-corrected chi connectivity index (χ1v) is 8.08. The number of aromatic amines is 1. The Morgan fingerprint density at radius 3 is 2.59 bits per heavy atom. The fourth-order valence-corrected chi connectivity index (χ4v) is 2.31. The van der Waals surface area contributed by atoms with Crippen molar-refractivity contribution in [2.24, 2.45) is 5.10 Å². The van der Waals surface area contributed by atoms with Gasteiger partial charge in [-0.1, -0.05) is 30.3 Å². The van der Waals surface area contributed by atoms with Gasteiger partial charge in [0.25, 0.3) is 11.8 Å². The Morgan fingerprint density at radius 2 is 1.85 bits per heavy atom. The molecule has 0 aliphatic carbocycles. The number of halogens is 1. The van der Waals surface area contributed by atoms with Crippen LogP contribution in [0.4, 0.5) is 4.39 Å². The summed E-state index contributed by atoms with van der Waals surface area (Å²) >= 11 is 0. The van der Waals surface area contributed by atoms with Crippen molar-refractivity contribution in [3.05, 3.63) is 77.7 Å². The highest BCUT2D eigenvalue weighted by atomic mass is 19.1. The zero-order chi connectivity index (χ0) is 19.1. The number of hydrogen-bond acceptors (Lipinski definition) is 4. The first kappa shape index (κ1) is 18.0. The Bertz CT molecular complexity index is 952. The van der Waals surface area contributed by atoms with Gasteiger partial charge in [0, 0.05) is 16.7 Å². The Hall–Kier alpha value is -3.81. The first-order chi connectivity index (χ1) is 13.1. The van der Waals surface area contributed by atoms with Crippen LogP contribution < -0.4 is 10.7 Å². The minimum absolute atomic E-state index is 0.259. The molecule has 0 spiro atoms. The van der Waals surface area contributed by atoms with Crippen molar-refractivity contribution in [3.63, 3.8) is 0 Å². The van der Waals surface area contributed by atoms with Gasteiger partial charge in [-0.05, 0) is 24.3 Å². The van der Waals surface area contributed by atoms with Crippen molar-refractivity contribution >= 4 is 18.0 Å². The molecule has 0 atom stereocenters. The largest absolute Gasteiger partial charge is 0.343 e. The summed E-state index contributed by atoms with van der Waals surface area (Å²) in [5.74, 6) is -1.41. The summed E-state index contributed by atoms with van der Waals surface area (Å²) < 4.78 is 12.8. The van der Waals surface area contributed by atoms with Crippen LogP contribution in [-0.4, -0.2) is 34.8 Å². The molecule has 2 amide bonds. The van der Waals surface area contributed by atoms with Crippen molar-refractivity contribution in [1.82, 2.24) is 20.9 Å². The Labute approximate surface area is 154 Å². The SMILES string of the molecule is O=C(CNC(=O)c1ccc(F)cc1)NN=Cc1cn[nH]c1-c1ccccc1. The minimum atomic E-state index is -0.494. The van der Waals surface area contributed by atoms with E-state index in [9.17, 15) is 14.0 Å². The number of aromatic nitrogens is 2.